The maximum atomic E-state index is 2.72. The molecule has 0 amide bonds. The number of fused-ring (bicyclic) bond motifs is 9. The Balaban J connectivity index is 0.866. The molecule has 0 N–H and O–H groups in total. The first-order valence-corrected chi connectivity index (χ1v) is 33.9. The number of hydrogen-bond donors (Lipinski definition) is 0. The van der Waals surface area contributed by atoms with Crippen LogP contribution in [0.3, 0.4) is 0 Å². The van der Waals surface area contributed by atoms with Crippen LogP contribution in [-0.2, 0) is 0 Å². The molecule has 0 radical (unpaired) electrons. The van der Waals surface area contributed by atoms with Gasteiger partial charge in [0, 0.05) is 0 Å². The fraction of sp³-hybridized carbons (Fsp3) is 0. The average Bonchev–Trinajstić information content (AvgIpc) is 1.65. The van der Waals surface area contributed by atoms with E-state index in [4.69, 9.17) is 0 Å². The van der Waals surface area contributed by atoms with Crippen molar-refractivity contribution in [1.29, 1.82) is 0 Å². The summed E-state index contributed by atoms with van der Waals surface area (Å²) in [6, 6.07) is 110. The van der Waals surface area contributed by atoms with Crippen LogP contribution in [0.5, 0.6) is 0 Å². The van der Waals surface area contributed by atoms with Crippen LogP contribution >= 0.6 is 0 Å². The fourth-order valence-electron chi connectivity index (χ4n) is 17.7. The summed E-state index contributed by atoms with van der Waals surface area (Å²) in [5, 5.41) is 0. The molecule has 0 saturated heterocycles. The molecule has 0 aliphatic carbocycles. The van der Waals surface area contributed by atoms with Gasteiger partial charge in [-0.1, -0.05) is 0 Å². The number of para-hydroxylation sites is 8. The summed E-state index contributed by atoms with van der Waals surface area (Å²) < 4.78 is 3.01. The van der Waals surface area contributed by atoms with E-state index >= 15 is 0 Å². The van der Waals surface area contributed by atoms with Gasteiger partial charge in [-0.25, -0.2) is 0 Å². The Bertz CT molecular complexity index is 5650. The van der Waals surface area contributed by atoms with Gasteiger partial charge in [-0.3, -0.25) is 0 Å². The molecule has 14 aromatic rings. The summed E-state index contributed by atoms with van der Waals surface area (Å²) in [5.74, 6) is 0. The second kappa shape index (κ2) is 17.7. The SMILES string of the molecule is c1ccc(-c2cc3c4c(c2)N(c2ccccc2)c2cccc5c2N4c2c(ccc4c2B3c2[se]c3c6c2N4c2ccccc2N6c2ccc4c6c2B3c2ccc(-c3ccccc3)c3c2N6c2c(cccc2N3c2ccccc2)N4c2ccccc2)N5c2ccccc2)cc1. The van der Waals surface area contributed by atoms with Gasteiger partial charge >= 0.3 is 548 Å². The first kappa shape index (κ1) is 49.2. The molecule has 0 atom stereocenters. The third-order valence-electron chi connectivity index (χ3n) is 21.1. The molecule has 0 fully saturated rings. The Kier molecular flexibility index (Phi) is 9.34. The molecule has 0 bridgehead atoms. The molecule has 13 aromatic carbocycles. The van der Waals surface area contributed by atoms with Gasteiger partial charge in [0.1, 0.15) is 0 Å². The minimum absolute atomic E-state index is 0.0888. The van der Waals surface area contributed by atoms with Crippen molar-refractivity contribution in [3.63, 3.8) is 0 Å². The van der Waals surface area contributed by atoms with E-state index in [9.17, 15) is 0 Å². The van der Waals surface area contributed by atoms with Gasteiger partial charge < -0.3 is 0 Å². The van der Waals surface area contributed by atoms with E-state index in [1.807, 2.05) is 0 Å². The summed E-state index contributed by atoms with van der Waals surface area (Å²) in [6.07, 6.45) is 0. The van der Waals surface area contributed by atoms with Crippen molar-refractivity contribution < 1.29 is 0 Å². The zero-order chi connectivity index (χ0) is 60.1. The van der Waals surface area contributed by atoms with Gasteiger partial charge in [0.15, 0.2) is 0 Å². The van der Waals surface area contributed by atoms with E-state index in [-0.39, 0.29) is 27.9 Å². The number of anilines is 24. The molecule has 9 aliphatic rings. The van der Waals surface area contributed by atoms with E-state index in [2.05, 4.69) is 330 Å². The van der Waals surface area contributed by atoms with Gasteiger partial charge in [0.2, 0.25) is 0 Å². The Morgan fingerprint density at radius 2 is 0.591 bits per heavy atom. The summed E-state index contributed by atoms with van der Waals surface area (Å²) in [6.45, 7) is -0.188. The Labute approximate surface area is 544 Å². The van der Waals surface area contributed by atoms with E-state index in [1.54, 1.807) is 0 Å². The molecule has 1 aromatic heterocycles. The number of nitrogens with zero attached hydrogens (tertiary/aromatic N) is 8. The molecule has 93 heavy (non-hydrogen) atoms. The van der Waals surface area contributed by atoms with Gasteiger partial charge in [0.25, 0.3) is 0 Å². The number of hydrogen-bond acceptors (Lipinski definition) is 8. The monoisotopic (exact) mass is 1250 g/mol. The standard InChI is InChI=1S/C82H48B2N8Se/c1-7-23-49(24-8-1)51-47-58-73-69(48-51)87(54-31-15-5-16-32-54)65-39-21-37-63-75(65)91(73)77-67(85(63)52-27-11-3-12-28-52)45-44-62-71(77)84(58)82-80-79-81(93-82)83-57-42-41-56(50-25-9-2-10-26-50)72-74(57)92-76-64(38-22-40-66(76)88(72)55-33-17-6-18-34-55)86(53-29-13-4-14-30-53)68-46-43-61(70(83)78(68)92)89(79)59-35-19-20-36-60(59)90(62)80/h1-48H. The van der Waals surface area contributed by atoms with E-state index in [0.29, 0.717) is 0 Å². The number of rotatable bonds is 6. The zero-order valence-electron chi connectivity index (χ0n) is 49.9. The van der Waals surface area contributed by atoms with Crippen LogP contribution in [0.15, 0.2) is 291 Å². The minimum atomic E-state index is -0.195. The predicted molar refractivity (Wildman–Crippen MR) is 389 cm³/mol. The van der Waals surface area contributed by atoms with Crippen LogP contribution in [0.2, 0.25) is 0 Å². The van der Waals surface area contributed by atoms with Crippen LogP contribution in [0.25, 0.3) is 22.3 Å². The third-order valence-corrected chi connectivity index (χ3v) is 23.8. The Hall–Kier alpha value is -11.6. The van der Waals surface area contributed by atoms with Crippen molar-refractivity contribution in [2.75, 3.05) is 39.2 Å². The molecule has 0 saturated carbocycles. The Morgan fingerprint density at radius 3 is 1.10 bits per heavy atom. The molecular weight excluding hydrogens is 1200 g/mol. The molecular formula is C82H48B2N8Se. The molecule has 23 rings (SSSR count). The first-order valence-electron chi connectivity index (χ1n) is 32.2. The summed E-state index contributed by atoms with van der Waals surface area (Å²) in [4.78, 5) is 21.1. The van der Waals surface area contributed by atoms with Crippen molar-refractivity contribution >= 4 is 195 Å². The Morgan fingerprint density at radius 1 is 0.204 bits per heavy atom. The van der Waals surface area contributed by atoms with Crippen molar-refractivity contribution in [2.24, 2.45) is 0 Å². The normalized spacial score (nSPS) is 14.7. The fourth-order valence-corrected chi connectivity index (χ4v) is 20.9. The molecule has 11 heteroatoms. The van der Waals surface area contributed by atoms with Crippen LogP contribution in [0.1, 0.15) is 0 Å². The second-order valence-electron chi connectivity index (χ2n) is 25.5. The topological polar surface area (TPSA) is 25.9 Å². The van der Waals surface area contributed by atoms with Crippen LogP contribution in [0.4, 0.5) is 136 Å². The quantitative estimate of drug-likeness (QED) is 0.152. The van der Waals surface area contributed by atoms with Crippen LogP contribution in [0, 0.1) is 0 Å². The van der Waals surface area contributed by atoms with Crippen molar-refractivity contribution in [2.45, 2.75) is 0 Å². The van der Waals surface area contributed by atoms with Crippen LogP contribution in [-0.4, -0.2) is 27.9 Å². The van der Waals surface area contributed by atoms with Crippen molar-refractivity contribution in [3.8, 4) is 22.3 Å². The van der Waals surface area contributed by atoms with Gasteiger partial charge in [0.05, 0.1) is 0 Å². The van der Waals surface area contributed by atoms with Gasteiger partial charge in [-0.05, 0) is 0 Å². The molecule has 10 heterocycles. The molecule has 0 spiro atoms. The van der Waals surface area contributed by atoms with E-state index in [1.165, 1.54) is 144 Å². The number of benzene rings is 13. The second-order valence-corrected chi connectivity index (χ2v) is 27.8. The van der Waals surface area contributed by atoms with Crippen molar-refractivity contribution in [3.05, 3.63) is 291 Å². The van der Waals surface area contributed by atoms with Crippen LogP contribution < -0.4 is 69.7 Å². The molecule has 8 nitrogen and oxygen atoms in total. The van der Waals surface area contributed by atoms with Gasteiger partial charge in [-0.2, -0.15) is 0 Å². The zero-order valence-corrected chi connectivity index (χ0v) is 51.6. The maximum absolute atomic E-state index is 2.72. The molecule has 428 valence electrons. The first-order chi connectivity index (χ1) is 46.2. The summed E-state index contributed by atoms with van der Waals surface area (Å²) in [5.41, 5.74) is 39.1. The molecule has 9 aliphatic heterocycles. The van der Waals surface area contributed by atoms with E-state index in [0.717, 1.165) is 45.5 Å². The van der Waals surface area contributed by atoms with E-state index < -0.39 is 0 Å². The van der Waals surface area contributed by atoms with Crippen molar-refractivity contribution in [1.82, 2.24) is 0 Å². The average molecular weight is 1250 g/mol. The van der Waals surface area contributed by atoms with Gasteiger partial charge in [-0.15, -0.1) is 0 Å². The summed E-state index contributed by atoms with van der Waals surface area (Å²) in [7, 11) is 0. The molecule has 0 unspecified atom stereocenters. The predicted octanol–water partition coefficient (Wildman–Crippen LogP) is 17.7. The third kappa shape index (κ3) is 6.02. The summed E-state index contributed by atoms with van der Waals surface area (Å²) >= 11 is -0.195.